The minimum Gasteiger partial charge on any atom is -0.462 e. The number of furan rings is 1. The predicted octanol–water partition coefficient (Wildman–Crippen LogP) is 5.14. The number of aromatic nitrogens is 4. The molecule has 0 radical (unpaired) electrons. The Morgan fingerprint density at radius 1 is 1.31 bits per heavy atom. The summed E-state index contributed by atoms with van der Waals surface area (Å²) in [6.07, 6.45) is 0. The molecule has 12 heteroatoms. The number of thioether (sulfide) groups is 1. The summed E-state index contributed by atoms with van der Waals surface area (Å²) in [4.78, 5) is 21.0. The smallest absolute Gasteiger partial charge is 0.342 e. The number of rotatable bonds is 7. The first-order chi connectivity index (χ1) is 15.4. The second-order valence-corrected chi connectivity index (χ2v) is 9.32. The monoisotopic (exact) mass is 490 g/mol. The molecule has 4 aromatic rings. The van der Waals surface area contributed by atoms with Crippen molar-refractivity contribution in [2.45, 2.75) is 30.9 Å². The molecule has 0 atom stereocenters. The Labute approximate surface area is 196 Å². The van der Waals surface area contributed by atoms with Crippen molar-refractivity contribution < 1.29 is 13.9 Å². The largest absolute Gasteiger partial charge is 0.462 e. The maximum absolute atomic E-state index is 12.2. The third-order valence-electron chi connectivity index (χ3n) is 4.44. The summed E-state index contributed by atoms with van der Waals surface area (Å²) in [6.45, 7) is 5.59. The zero-order valence-electron chi connectivity index (χ0n) is 17.4. The van der Waals surface area contributed by atoms with E-state index < -0.39 is 5.97 Å². The van der Waals surface area contributed by atoms with Gasteiger partial charge in [-0.25, -0.2) is 9.78 Å². The van der Waals surface area contributed by atoms with E-state index in [9.17, 15) is 4.79 Å². The van der Waals surface area contributed by atoms with Gasteiger partial charge in [0.15, 0.2) is 4.34 Å². The zero-order chi connectivity index (χ0) is 22.8. The molecule has 0 saturated heterocycles. The van der Waals surface area contributed by atoms with Crippen LogP contribution in [0.5, 0.6) is 0 Å². The van der Waals surface area contributed by atoms with Crippen LogP contribution in [0.3, 0.4) is 0 Å². The maximum atomic E-state index is 12.2. The SMILES string of the molecule is CCOC(=O)c1c(C)oc2nc(CSc3nnc(Nc4ccc(C)c(Cl)c4)s3)nc(N)c12. The highest BCUT2D eigenvalue weighted by atomic mass is 35.5. The molecule has 0 bridgehead atoms. The van der Waals surface area contributed by atoms with E-state index >= 15 is 0 Å². The van der Waals surface area contributed by atoms with Crippen molar-refractivity contribution in [3.05, 3.63) is 45.9 Å². The summed E-state index contributed by atoms with van der Waals surface area (Å²) >= 11 is 8.98. The van der Waals surface area contributed by atoms with Crippen LogP contribution in [0, 0.1) is 13.8 Å². The van der Waals surface area contributed by atoms with Gasteiger partial charge in [-0.05, 0) is 38.5 Å². The highest BCUT2D eigenvalue weighted by Crippen LogP contribution is 2.33. The number of carbonyl (C=O) groups is 1. The van der Waals surface area contributed by atoms with Gasteiger partial charge in [-0.15, -0.1) is 10.2 Å². The highest BCUT2D eigenvalue weighted by molar-refractivity contribution is 8.00. The second kappa shape index (κ2) is 9.31. The van der Waals surface area contributed by atoms with Gasteiger partial charge in [-0.2, -0.15) is 4.98 Å². The lowest BCUT2D eigenvalue weighted by molar-refractivity contribution is 0.0526. The molecule has 3 N–H and O–H groups in total. The van der Waals surface area contributed by atoms with Gasteiger partial charge < -0.3 is 20.2 Å². The molecule has 4 rings (SSSR count). The lowest BCUT2D eigenvalue weighted by Gasteiger charge is -2.04. The number of halogens is 1. The quantitative estimate of drug-likeness (QED) is 0.265. The van der Waals surface area contributed by atoms with E-state index in [1.165, 1.54) is 23.1 Å². The van der Waals surface area contributed by atoms with Gasteiger partial charge >= 0.3 is 5.97 Å². The molecule has 0 saturated carbocycles. The van der Waals surface area contributed by atoms with Gasteiger partial charge in [0.2, 0.25) is 10.8 Å². The van der Waals surface area contributed by atoms with Gasteiger partial charge in [0.1, 0.15) is 23.0 Å². The van der Waals surface area contributed by atoms with Crippen LogP contribution in [0.2, 0.25) is 5.02 Å². The molecule has 0 aliphatic heterocycles. The lowest BCUT2D eigenvalue weighted by atomic mass is 10.2. The molecule has 9 nitrogen and oxygen atoms in total. The Balaban J connectivity index is 1.48. The van der Waals surface area contributed by atoms with Crippen molar-refractivity contribution in [1.82, 2.24) is 20.2 Å². The van der Waals surface area contributed by atoms with Crippen molar-refractivity contribution >= 4 is 68.4 Å². The topological polar surface area (TPSA) is 129 Å². The van der Waals surface area contributed by atoms with E-state index in [-0.39, 0.29) is 23.7 Å². The van der Waals surface area contributed by atoms with Gasteiger partial charge in [0.25, 0.3) is 0 Å². The first kappa shape index (κ1) is 22.3. The number of ether oxygens (including phenoxy) is 1. The van der Waals surface area contributed by atoms with E-state index in [2.05, 4.69) is 25.5 Å². The summed E-state index contributed by atoms with van der Waals surface area (Å²) in [5, 5.41) is 13.2. The normalized spacial score (nSPS) is 11.1. The Morgan fingerprint density at radius 3 is 2.88 bits per heavy atom. The van der Waals surface area contributed by atoms with Crippen LogP contribution in [-0.4, -0.2) is 32.7 Å². The lowest BCUT2D eigenvalue weighted by Crippen LogP contribution is -2.07. The first-order valence-corrected chi connectivity index (χ1v) is 11.8. The predicted molar refractivity (Wildman–Crippen MR) is 126 cm³/mol. The van der Waals surface area contributed by atoms with Crippen molar-refractivity contribution in [1.29, 1.82) is 0 Å². The molecule has 0 aliphatic carbocycles. The number of hydrogen-bond acceptors (Lipinski definition) is 11. The van der Waals surface area contributed by atoms with Crippen LogP contribution in [0.25, 0.3) is 11.1 Å². The van der Waals surface area contributed by atoms with Crippen LogP contribution in [-0.2, 0) is 10.5 Å². The minimum absolute atomic E-state index is 0.168. The number of esters is 1. The zero-order valence-corrected chi connectivity index (χ0v) is 19.8. The van der Waals surface area contributed by atoms with Gasteiger partial charge in [-0.1, -0.05) is 40.8 Å². The van der Waals surface area contributed by atoms with Crippen LogP contribution in [0.4, 0.5) is 16.6 Å². The molecule has 0 spiro atoms. The molecule has 0 unspecified atom stereocenters. The molecule has 0 aliphatic rings. The van der Waals surface area contributed by atoms with E-state index in [1.54, 1.807) is 13.8 Å². The summed E-state index contributed by atoms with van der Waals surface area (Å²) < 4.78 is 11.5. The Morgan fingerprint density at radius 2 is 2.12 bits per heavy atom. The number of hydrogen-bond donors (Lipinski definition) is 2. The number of benzene rings is 1. The summed E-state index contributed by atoms with van der Waals surface area (Å²) in [5.41, 5.74) is 8.46. The van der Waals surface area contributed by atoms with E-state index in [0.29, 0.717) is 32.9 Å². The Kier molecular flexibility index (Phi) is 6.49. The molecule has 0 fully saturated rings. The molecular formula is C20H19ClN6O3S2. The number of nitrogens with two attached hydrogens (primary N) is 1. The number of fused-ring (bicyclic) bond motifs is 1. The molecule has 0 amide bonds. The average molecular weight is 491 g/mol. The Bertz CT molecular complexity index is 1310. The average Bonchev–Trinajstić information content (AvgIpc) is 3.33. The highest BCUT2D eigenvalue weighted by Gasteiger charge is 2.24. The molecule has 32 heavy (non-hydrogen) atoms. The van der Waals surface area contributed by atoms with Crippen molar-refractivity contribution in [2.75, 3.05) is 17.7 Å². The maximum Gasteiger partial charge on any atom is 0.342 e. The Hall–Kier alpha value is -2.89. The molecule has 1 aromatic carbocycles. The number of nitrogen functional groups attached to an aromatic ring is 1. The number of anilines is 3. The summed E-state index contributed by atoms with van der Waals surface area (Å²) in [6, 6.07) is 5.70. The fraction of sp³-hybridized carbons (Fsp3) is 0.250. The van der Waals surface area contributed by atoms with Gasteiger partial charge in [0.05, 0.1) is 17.7 Å². The summed E-state index contributed by atoms with van der Waals surface area (Å²) in [5.74, 6) is 0.908. The van der Waals surface area contributed by atoms with E-state index in [1.807, 2.05) is 25.1 Å². The van der Waals surface area contributed by atoms with Crippen molar-refractivity contribution in [2.24, 2.45) is 0 Å². The standard InChI is InChI=1S/C20H19ClN6O3S2/c1-4-29-18(28)14-10(3)30-17-15(14)16(22)24-13(25-17)8-31-20-27-26-19(32-20)23-11-6-5-9(2)12(21)7-11/h5-7H,4,8H2,1-3H3,(H,23,26)(H2,22,24,25). The van der Waals surface area contributed by atoms with Crippen LogP contribution in [0.15, 0.2) is 27.0 Å². The van der Waals surface area contributed by atoms with E-state index in [0.717, 1.165) is 15.6 Å². The molecule has 166 valence electrons. The first-order valence-electron chi connectivity index (χ1n) is 9.57. The second-order valence-electron chi connectivity index (χ2n) is 6.71. The van der Waals surface area contributed by atoms with Crippen molar-refractivity contribution in [3.8, 4) is 0 Å². The van der Waals surface area contributed by atoms with Crippen molar-refractivity contribution in [3.63, 3.8) is 0 Å². The minimum atomic E-state index is -0.509. The third kappa shape index (κ3) is 4.64. The summed E-state index contributed by atoms with van der Waals surface area (Å²) in [7, 11) is 0. The van der Waals surface area contributed by atoms with Gasteiger partial charge in [-0.3, -0.25) is 0 Å². The number of carbonyl (C=O) groups excluding carboxylic acids is 1. The van der Waals surface area contributed by atoms with Gasteiger partial charge in [0, 0.05) is 10.7 Å². The fourth-order valence-corrected chi connectivity index (χ4v) is 4.74. The third-order valence-corrected chi connectivity index (χ3v) is 6.81. The molecule has 3 aromatic heterocycles. The van der Waals surface area contributed by atoms with E-state index in [4.69, 9.17) is 26.5 Å². The fourth-order valence-electron chi connectivity index (χ4n) is 2.94. The molecular weight excluding hydrogens is 472 g/mol. The number of nitrogens with one attached hydrogen (secondary N) is 1. The number of nitrogens with zero attached hydrogens (tertiary/aromatic N) is 4. The van der Waals surface area contributed by atoms with Crippen LogP contribution in [0.1, 0.15) is 34.4 Å². The van der Waals surface area contributed by atoms with Crippen LogP contribution < -0.4 is 11.1 Å². The number of aryl methyl sites for hydroxylation is 2. The van der Waals surface area contributed by atoms with Crippen LogP contribution >= 0.6 is 34.7 Å². The molecule has 3 heterocycles.